The van der Waals surface area contributed by atoms with Gasteiger partial charge in [0.25, 0.3) is 10.1 Å². The van der Waals surface area contributed by atoms with Gasteiger partial charge in [-0.15, -0.1) is 0 Å². The second-order valence-corrected chi connectivity index (χ2v) is 8.72. The molecule has 0 spiro atoms. The molecule has 1 N–H and O–H groups in total. The first-order valence-electron chi connectivity index (χ1n) is 7.08. The summed E-state index contributed by atoms with van der Waals surface area (Å²) in [4.78, 5) is 0. The van der Waals surface area contributed by atoms with Crippen LogP contribution in [-0.4, -0.2) is 24.3 Å². The van der Waals surface area contributed by atoms with Crippen LogP contribution in [-0.2, 0) is 14.9 Å². The molecule has 0 aromatic heterocycles. The molecule has 0 aromatic rings. The molecule has 0 aromatic carbocycles. The van der Waals surface area contributed by atoms with Crippen molar-refractivity contribution >= 4 is 10.1 Å². The van der Waals surface area contributed by atoms with Crippen LogP contribution in [0.4, 0.5) is 0 Å². The first-order chi connectivity index (χ1) is 8.88. The number of hydrogen-bond acceptors (Lipinski definition) is 3. The molecule has 4 rings (SSSR count). The SMILES string of the molecule is C=COCCC12CC3CC(C1)CC(S(=O)(=O)O)(C3)C2. The molecule has 4 saturated carbocycles. The molecule has 0 aliphatic heterocycles. The molecule has 0 heterocycles. The van der Waals surface area contributed by atoms with E-state index < -0.39 is 14.9 Å². The van der Waals surface area contributed by atoms with E-state index in [4.69, 9.17) is 4.74 Å². The minimum atomic E-state index is -3.95. The minimum absolute atomic E-state index is 0.0584. The fraction of sp³-hybridized carbons (Fsp3) is 0.857. The molecule has 5 heteroatoms. The van der Waals surface area contributed by atoms with Crippen molar-refractivity contribution in [3.8, 4) is 0 Å². The lowest BCUT2D eigenvalue weighted by molar-refractivity contribution is -0.0552. The van der Waals surface area contributed by atoms with E-state index in [1.54, 1.807) is 0 Å². The van der Waals surface area contributed by atoms with Gasteiger partial charge in [0, 0.05) is 0 Å². The molecule has 2 unspecified atom stereocenters. The van der Waals surface area contributed by atoms with Crippen LogP contribution in [0.25, 0.3) is 0 Å². The number of ether oxygens (including phenoxy) is 1. The molecule has 4 fully saturated rings. The lowest BCUT2D eigenvalue weighted by atomic mass is 9.48. The first kappa shape index (κ1) is 13.4. The van der Waals surface area contributed by atoms with E-state index in [0.29, 0.717) is 37.7 Å². The lowest BCUT2D eigenvalue weighted by Gasteiger charge is -2.60. The molecule has 4 bridgehead atoms. The Morgan fingerprint density at radius 2 is 1.89 bits per heavy atom. The maximum atomic E-state index is 11.9. The van der Waals surface area contributed by atoms with Crippen LogP contribution in [0.5, 0.6) is 0 Å². The Balaban J connectivity index is 1.87. The highest BCUT2D eigenvalue weighted by molar-refractivity contribution is 7.87. The van der Waals surface area contributed by atoms with Crippen molar-refractivity contribution in [3.05, 3.63) is 12.8 Å². The second kappa shape index (κ2) is 4.22. The first-order valence-corrected chi connectivity index (χ1v) is 8.52. The predicted octanol–water partition coefficient (Wildman–Crippen LogP) is 2.76. The van der Waals surface area contributed by atoms with E-state index in [-0.39, 0.29) is 5.41 Å². The average Bonchev–Trinajstić information content (AvgIpc) is 2.25. The van der Waals surface area contributed by atoms with Crippen LogP contribution in [0.1, 0.15) is 44.9 Å². The van der Waals surface area contributed by atoms with Crippen molar-refractivity contribution < 1.29 is 17.7 Å². The molecule has 4 nitrogen and oxygen atoms in total. The Hall–Kier alpha value is -0.550. The normalized spacial score (nSPS) is 44.3. The summed E-state index contributed by atoms with van der Waals surface area (Å²) in [7, 11) is -3.95. The molecule has 2 atom stereocenters. The highest BCUT2D eigenvalue weighted by Gasteiger charge is 2.62. The summed E-state index contributed by atoms with van der Waals surface area (Å²) in [5.74, 6) is 0.929. The van der Waals surface area contributed by atoms with Crippen LogP contribution in [0.2, 0.25) is 0 Å². The Morgan fingerprint density at radius 3 is 2.42 bits per heavy atom. The third-order valence-corrected chi connectivity index (χ3v) is 7.12. The Bertz CT molecular complexity index is 468. The summed E-state index contributed by atoms with van der Waals surface area (Å²) in [5.41, 5.74) is 0.0584. The van der Waals surface area contributed by atoms with Crippen molar-refractivity contribution in [2.75, 3.05) is 6.61 Å². The summed E-state index contributed by atoms with van der Waals surface area (Å²) in [6, 6.07) is 0. The third kappa shape index (κ3) is 2.11. The standard InChI is InChI=1S/C14H22O4S/c1-2-18-4-3-13-6-11-5-12(7-13)9-14(8-11,10-13)19(15,16)17/h2,11-12H,1,3-10H2,(H,15,16,17). The molecular formula is C14H22O4S. The van der Waals surface area contributed by atoms with Crippen LogP contribution >= 0.6 is 0 Å². The molecule has 108 valence electrons. The van der Waals surface area contributed by atoms with Crippen LogP contribution in [0.15, 0.2) is 12.8 Å². The van der Waals surface area contributed by atoms with Crippen molar-refractivity contribution in [3.63, 3.8) is 0 Å². The van der Waals surface area contributed by atoms with Gasteiger partial charge >= 0.3 is 0 Å². The van der Waals surface area contributed by atoms with Crippen LogP contribution in [0.3, 0.4) is 0 Å². The van der Waals surface area contributed by atoms with Gasteiger partial charge in [0.05, 0.1) is 17.6 Å². The third-order valence-electron chi connectivity index (χ3n) is 5.54. The fourth-order valence-electron chi connectivity index (χ4n) is 5.32. The van der Waals surface area contributed by atoms with Crippen molar-refractivity contribution in [1.82, 2.24) is 0 Å². The molecular weight excluding hydrogens is 264 g/mol. The zero-order chi connectivity index (χ0) is 13.7. The maximum Gasteiger partial charge on any atom is 0.270 e. The van der Waals surface area contributed by atoms with Gasteiger partial charge in [0.15, 0.2) is 0 Å². The van der Waals surface area contributed by atoms with Gasteiger partial charge in [-0.05, 0) is 62.2 Å². The van der Waals surface area contributed by atoms with E-state index in [2.05, 4.69) is 6.58 Å². The van der Waals surface area contributed by atoms with Gasteiger partial charge in [-0.25, -0.2) is 0 Å². The van der Waals surface area contributed by atoms with Crippen molar-refractivity contribution in [2.45, 2.75) is 49.7 Å². The highest BCUT2D eigenvalue weighted by Crippen LogP contribution is 2.64. The lowest BCUT2D eigenvalue weighted by Crippen LogP contribution is -2.59. The van der Waals surface area contributed by atoms with Gasteiger partial charge in [-0.2, -0.15) is 8.42 Å². The fourth-order valence-corrected chi connectivity index (χ4v) is 6.70. The van der Waals surface area contributed by atoms with Crippen molar-refractivity contribution in [2.24, 2.45) is 17.3 Å². The zero-order valence-corrected chi connectivity index (χ0v) is 12.0. The van der Waals surface area contributed by atoms with Gasteiger partial charge in [-0.1, -0.05) is 6.58 Å². The minimum Gasteiger partial charge on any atom is -0.502 e. The van der Waals surface area contributed by atoms with E-state index in [0.717, 1.165) is 25.7 Å². The molecule has 0 radical (unpaired) electrons. The highest BCUT2D eigenvalue weighted by atomic mass is 32.2. The monoisotopic (exact) mass is 286 g/mol. The van der Waals surface area contributed by atoms with Gasteiger partial charge in [-0.3, -0.25) is 4.55 Å². The van der Waals surface area contributed by atoms with Crippen molar-refractivity contribution in [1.29, 1.82) is 0 Å². The Kier molecular flexibility index (Phi) is 2.98. The number of hydrogen-bond donors (Lipinski definition) is 1. The molecule has 0 amide bonds. The topological polar surface area (TPSA) is 63.6 Å². The predicted molar refractivity (Wildman–Crippen MR) is 72.2 cm³/mol. The summed E-state index contributed by atoms with van der Waals surface area (Å²) < 4.78 is 37.8. The van der Waals surface area contributed by atoms with E-state index in [1.807, 2.05) is 0 Å². The van der Waals surface area contributed by atoms with E-state index in [1.165, 1.54) is 6.26 Å². The van der Waals surface area contributed by atoms with E-state index >= 15 is 0 Å². The Labute approximate surface area is 115 Å². The van der Waals surface area contributed by atoms with Gasteiger partial charge < -0.3 is 4.74 Å². The molecule has 0 saturated heterocycles. The largest absolute Gasteiger partial charge is 0.502 e. The maximum absolute atomic E-state index is 11.9. The molecule has 4 aliphatic rings. The van der Waals surface area contributed by atoms with Gasteiger partial charge in [0.2, 0.25) is 0 Å². The second-order valence-electron chi connectivity index (χ2n) is 6.91. The molecule has 4 aliphatic carbocycles. The summed E-state index contributed by atoms with van der Waals surface area (Å²) in [6.07, 6.45) is 7.59. The van der Waals surface area contributed by atoms with Crippen LogP contribution < -0.4 is 0 Å². The van der Waals surface area contributed by atoms with Crippen LogP contribution in [0, 0.1) is 17.3 Å². The average molecular weight is 286 g/mol. The number of rotatable bonds is 5. The summed E-state index contributed by atoms with van der Waals surface area (Å²) >= 11 is 0. The molecule has 19 heavy (non-hydrogen) atoms. The van der Waals surface area contributed by atoms with E-state index in [9.17, 15) is 13.0 Å². The smallest absolute Gasteiger partial charge is 0.270 e. The Morgan fingerprint density at radius 1 is 1.26 bits per heavy atom. The van der Waals surface area contributed by atoms with Gasteiger partial charge in [0.1, 0.15) is 0 Å². The zero-order valence-electron chi connectivity index (χ0n) is 11.2. The summed E-state index contributed by atoms with van der Waals surface area (Å²) in [5, 5.41) is 0. The summed E-state index contributed by atoms with van der Waals surface area (Å²) in [6.45, 7) is 4.14. The quantitative estimate of drug-likeness (QED) is 0.479.